The van der Waals surface area contributed by atoms with E-state index in [0.29, 0.717) is 0 Å². The van der Waals surface area contributed by atoms with Gasteiger partial charge in [-0.25, -0.2) is 0 Å². The van der Waals surface area contributed by atoms with Crippen LogP contribution in [0.25, 0.3) is 0 Å². The second-order valence-corrected chi connectivity index (χ2v) is 10.6. The number of carbonyl (C=O) groups is 3. The fourth-order valence-electron chi connectivity index (χ4n) is 4.12. The van der Waals surface area contributed by atoms with Crippen molar-refractivity contribution < 1.29 is 28.6 Å². The molecular formula is C28H45NO6. The van der Waals surface area contributed by atoms with Crippen LogP contribution in [0.2, 0.25) is 0 Å². The Balaban J connectivity index is 2.99. The fourth-order valence-corrected chi connectivity index (χ4v) is 4.12. The molecule has 0 aromatic heterocycles. The summed E-state index contributed by atoms with van der Waals surface area (Å²) in [5, 5.41) is 0. The second-order valence-electron chi connectivity index (χ2n) is 10.6. The maximum Gasteiger partial charge on any atom is 0.309 e. The number of ether oxygens (including phenoxy) is 3. The number of amides is 1. The van der Waals surface area contributed by atoms with Gasteiger partial charge in [-0.05, 0) is 38.2 Å². The third-order valence-corrected chi connectivity index (χ3v) is 6.24. The number of carbonyl (C=O) groups excluding carboxylic acids is 3. The summed E-state index contributed by atoms with van der Waals surface area (Å²) in [5.41, 5.74) is 0.290. The summed E-state index contributed by atoms with van der Waals surface area (Å²) in [6.45, 7) is 13.5. The van der Waals surface area contributed by atoms with Crippen LogP contribution in [0.3, 0.4) is 0 Å². The van der Waals surface area contributed by atoms with Crippen molar-refractivity contribution in [3.05, 3.63) is 35.9 Å². The number of likely N-dealkylation sites (N-methyl/N-ethyl adjacent to an activating group) is 1. The minimum atomic E-state index is -0.605. The molecule has 198 valence electrons. The summed E-state index contributed by atoms with van der Waals surface area (Å²) in [6, 6.07) is 9.09. The molecule has 7 nitrogen and oxygen atoms in total. The van der Waals surface area contributed by atoms with Gasteiger partial charge in [0.15, 0.2) is 0 Å². The molecule has 1 unspecified atom stereocenters. The van der Waals surface area contributed by atoms with Gasteiger partial charge in [-0.1, -0.05) is 64.4 Å². The van der Waals surface area contributed by atoms with E-state index >= 15 is 0 Å². The highest BCUT2D eigenvalue weighted by Gasteiger charge is 2.38. The largest absolute Gasteiger partial charge is 0.461 e. The van der Waals surface area contributed by atoms with Crippen LogP contribution in [-0.4, -0.2) is 54.7 Å². The molecule has 1 aromatic carbocycles. The minimum Gasteiger partial charge on any atom is -0.461 e. The smallest absolute Gasteiger partial charge is 0.309 e. The molecule has 0 bridgehead atoms. The summed E-state index contributed by atoms with van der Waals surface area (Å²) in [7, 11) is 3.27. The third kappa shape index (κ3) is 10.4. The summed E-state index contributed by atoms with van der Waals surface area (Å²) < 4.78 is 16.6. The van der Waals surface area contributed by atoms with Crippen molar-refractivity contribution in [3.8, 4) is 0 Å². The van der Waals surface area contributed by atoms with Crippen molar-refractivity contribution in [2.75, 3.05) is 14.2 Å². The summed E-state index contributed by atoms with van der Waals surface area (Å²) >= 11 is 0. The molecule has 0 fully saturated rings. The second kappa shape index (κ2) is 14.2. The molecule has 35 heavy (non-hydrogen) atoms. The van der Waals surface area contributed by atoms with Crippen molar-refractivity contribution in [3.63, 3.8) is 0 Å². The van der Waals surface area contributed by atoms with E-state index in [-0.39, 0.29) is 49.2 Å². The van der Waals surface area contributed by atoms with Gasteiger partial charge in [0, 0.05) is 14.2 Å². The number of rotatable bonds is 13. The molecule has 0 saturated carbocycles. The molecule has 0 aliphatic carbocycles. The predicted molar refractivity (Wildman–Crippen MR) is 136 cm³/mol. The molecule has 1 aromatic rings. The lowest BCUT2D eigenvalue weighted by molar-refractivity contribution is -0.161. The van der Waals surface area contributed by atoms with Crippen LogP contribution in [0, 0.1) is 17.8 Å². The zero-order chi connectivity index (χ0) is 26.8. The minimum absolute atomic E-state index is 0.00931. The fraction of sp³-hybridized carbons (Fsp3) is 0.679. The molecule has 1 rings (SSSR count). The van der Waals surface area contributed by atoms with Gasteiger partial charge in [0.25, 0.3) is 0 Å². The molecule has 0 aliphatic heterocycles. The molecule has 0 spiro atoms. The lowest BCUT2D eigenvalue weighted by atomic mass is 9.87. The Labute approximate surface area is 211 Å². The van der Waals surface area contributed by atoms with E-state index in [4.69, 9.17) is 14.2 Å². The van der Waals surface area contributed by atoms with Gasteiger partial charge < -0.3 is 19.1 Å². The Kier molecular flexibility index (Phi) is 12.4. The molecule has 0 N–H and O–H groups in total. The first kappa shape index (κ1) is 30.6. The monoisotopic (exact) mass is 491 g/mol. The van der Waals surface area contributed by atoms with Gasteiger partial charge in [-0.2, -0.15) is 0 Å². The average molecular weight is 492 g/mol. The topological polar surface area (TPSA) is 82.1 Å². The highest BCUT2D eigenvalue weighted by molar-refractivity contribution is 5.84. The van der Waals surface area contributed by atoms with Gasteiger partial charge in [-0.3, -0.25) is 14.4 Å². The standard InChI is InChI=1S/C28H45NO6/c1-10-20(4)26(23(33-9)17-25(31)35-28(5,6)7)29(8)27(32)22(19(2)3)16-24(30)34-18-21-14-12-11-13-15-21/h11-15,19-20,22-23,26H,10,16-18H2,1-9H3/t20-,22-,23?,26-/m0/s1. The van der Waals surface area contributed by atoms with E-state index in [0.717, 1.165) is 12.0 Å². The van der Waals surface area contributed by atoms with Crippen LogP contribution in [0.5, 0.6) is 0 Å². The molecule has 0 heterocycles. The van der Waals surface area contributed by atoms with Gasteiger partial charge in [0.1, 0.15) is 12.2 Å². The maximum absolute atomic E-state index is 13.6. The quantitative estimate of drug-likeness (QED) is 0.361. The Bertz CT molecular complexity index is 801. The molecule has 1 amide bonds. The maximum atomic E-state index is 13.6. The van der Waals surface area contributed by atoms with Crippen LogP contribution in [0.1, 0.15) is 73.3 Å². The van der Waals surface area contributed by atoms with E-state index in [2.05, 4.69) is 0 Å². The Morgan fingerprint density at radius 1 is 0.971 bits per heavy atom. The van der Waals surface area contributed by atoms with Gasteiger partial charge in [0.05, 0.1) is 30.9 Å². The highest BCUT2D eigenvalue weighted by atomic mass is 16.6. The van der Waals surface area contributed by atoms with E-state index in [1.54, 1.807) is 19.1 Å². The first-order chi connectivity index (χ1) is 16.3. The first-order valence-corrected chi connectivity index (χ1v) is 12.5. The highest BCUT2D eigenvalue weighted by Crippen LogP contribution is 2.27. The van der Waals surface area contributed by atoms with E-state index in [1.807, 2.05) is 78.8 Å². The predicted octanol–water partition coefficient (Wildman–Crippen LogP) is 5.01. The SMILES string of the molecule is CC[C@H](C)[C@@H](C(CC(=O)OC(C)(C)C)OC)N(C)C(=O)[C@@H](CC(=O)OCc1ccccc1)C(C)C. The lowest BCUT2D eigenvalue weighted by Gasteiger charge is -2.39. The van der Waals surface area contributed by atoms with Crippen molar-refractivity contribution >= 4 is 17.8 Å². The first-order valence-electron chi connectivity index (χ1n) is 12.5. The molecule has 0 radical (unpaired) electrons. The van der Waals surface area contributed by atoms with E-state index in [9.17, 15) is 14.4 Å². The number of esters is 2. The van der Waals surface area contributed by atoms with Crippen LogP contribution in [0.15, 0.2) is 30.3 Å². The molecule has 0 aliphatic rings. The third-order valence-electron chi connectivity index (χ3n) is 6.24. The molecule has 7 heteroatoms. The average Bonchev–Trinajstić information content (AvgIpc) is 2.79. The van der Waals surface area contributed by atoms with Crippen molar-refractivity contribution in [2.24, 2.45) is 17.8 Å². The van der Waals surface area contributed by atoms with Crippen molar-refractivity contribution in [2.45, 2.75) is 92.1 Å². The van der Waals surface area contributed by atoms with Crippen LogP contribution in [0.4, 0.5) is 0 Å². The zero-order valence-electron chi connectivity index (χ0n) is 23.0. The van der Waals surface area contributed by atoms with Gasteiger partial charge >= 0.3 is 11.9 Å². The van der Waals surface area contributed by atoms with Crippen molar-refractivity contribution in [1.82, 2.24) is 4.90 Å². The number of benzene rings is 1. The molecule has 4 atom stereocenters. The number of hydrogen-bond acceptors (Lipinski definition) is 6. The summed E-state index contributed by atoms with van der Waals surface area (Å²) in [5.74, 6) is -1.50. The normalized spacial score (nSPS) is 15.1. The van der Waals surface area contributed by atoms with Gasteiger partial charge in [0.2, 0.25) is 5.91 Å². The van der Waals surface area contributed by atoms with E-state index < -0.39 is 23.6 Å². The number of nitrogens with zero attached hydrogens (tertiary/aromatic N) is 1. The molecule has 0 saturated heterocycles. The number of methoxy groups -OCH3 is 1. The van der Waals surface area contributed by atoms with Crippen LogP contribution in [-0.2, 0) is 35.2 Å². The molecular weight excluding hydrogens is 446 g/mol. The number of hydrogen-bond donors (Lipinski definition) is 0. The van der Waals surface area contributed by atoms with Crippen LogP contribution < -0.4 is 0 Å². The van der Waals surface area contributed by atoms with Crippen LogP contribution >= 0.6 is 0 Å². The Morgan fingerprint density at radius 2 is 1.57 bits per heavy atom. The zero-order valence-corrected chi connectivity index (χ0v) is 23.0. The summed E-state index contributed by atoms with van der Waals surface area (Å²) in [4.78, 5) is 40.4. The Morgan fingerprint density at radius 3 is 2.06 bits per heavy atom. The lowest BCUT2D eigenvalue weighted by Crippen LogP contribution is -2.52. The van der Waals surface area contributed by atoms with Crippen molar-refractivity contribution in [1.29, 1.82) is 0 Å². The summed E-state index contributed by atoms with van der Waals surface area (Å²) in [6.07, 6.45) is 0.282. The Hall–Kier alpha value is -2.41. The van der Waals surface area contributed by atoms with Gasteiger partial charge in [-0.15, -0.1) is 0 Å². The van der Waals surface area contributed by atoms with E-state index in [1.165, 1.54) is 0 Å².